The molecule has 4 saturated carbocycles. The number of halogens is 2. The van der Waals surface area contributed by atoms with Crippen molar-refractivity contribution in [2.24, 2.45) is 17.3 Å². The molecule has 8 nitrogen and oxygen atoms in total. The van der Waals surface area contributed by atoms with Crippen molar-refractivity contribution in [2.45, 2.75) is 44.1 Å². The lowest BCUT2D eigenvalue weighted by atomic mass is 9.46. The number of nitro benzene ring substituents is 1. The van der Waals surface area contributed by atoms with Crippen LogP contribution in [0.25, 0.3) is 0 Å². The van der Waals surface area contributed by atoms with Gasteiger partial charge in [-0.15, -0.1) is 5.10 Å². The summed E-state index contributed by atoms with van der Waals surface area (Å²) in [6.07, 6.45) is 7.09. The summed E-state index contributed by atoms with van der Waals surface area (Å²) in [5.41, 5.74) is -0.590. The average Bonchev–Trinajstić information content (AvgIpc) is 3.09. The first-order valence-corrected chi connectivity index (χ1v) is 10.4. The summed E-state index contributed by atoms with van der Waals surface area (Å²) in [6.45, 7) is 0. The van der Waals surface area contributed by atoms with Crippen molar-refractivity contribution in [3.8, 4) is 0 Å². The van der Waals surface area contributed by atoms with Gasteiger partial charge >= 0.3 is 0 Å². The first-order chi connectivity index (χ1) is 13.8. The summed E-state index contributed by atoms with van der Waals surface area (Å²) < 4.78 is 1.86. The number of anilines is 1. The molecular formula is C19H19Cl2N5O3. The van der Waals surface area contributed by atoms with Gasteiger partial charge in [0.05, 0.1) is 15.9 Å². The van der Waals surface area contributed by atoms with Gasteiger partial charge in [0.1, 0.15) is 11.3 Å². The minimum Gasteiger partial charge on any atom is -0.325 e. The Morgan fingerprint density at radius 3 is 2.59 bits per heavy atom. The third kappa shape index (κ3) is 3.00. The predicted molar refractivity (Wildman–Crippen MR) is 107 cm³/mol. The number of amides is 1. The monoisotopic (exact) mass is 435 g/mol. The molecule has 4 bridgehead atoms. The predicted octanol–water partition coefficient (Wildman–Crippen LogP) is 4.43. The average molecular weight is 436 g/mol. The molecule has 4 fully saturated rings. The third-order valence-electron chi connectivity index (χ3n) is 6.86. The van der Waals surface area contributed by atoms with Gasteiger partial charge in [0.15, 0.2) is 0 Å². The van der Waals surface area contributed by atoms with E-state index in [9.17, 15) is 14.9 Å². The van der Waals surface area contributed by atoms with Crippen molar-refractivity contribution in [3.05, 3.63) is 44.9 Å². The molecular weight excluding hydrogens is 417 g/mol. The zero-order chi connectivity index (χ0) is 20.4. The zero-order valence-corrected chi connectivity index (χ0v) is 17.0. The summed E-state index contributed by atoms with van der Waals surface area (Å²) in [5, 5.41) is 18.7. The largest absolute Gasteiger partial charge is 0.325 e. The van der Waals surface area contributed by atoms with Crippen LogP contribution in [0.4, 0.5) is 11.4 Å². The van der Waals surface area contributed by atoms with Gasteiger partial charge in [-0.05, 0) is 74.1 Å². The van der Waals surface area contributed by atoms with Crippen molar-refractivity contribution >= 4 is 40.5 Å². The Balaban J connectivity index is 1.45. The highest BCUT2D eigenvalue weighted by Gasteiger charge is 2.61. The second-order valence-corrected chi connectivity index (χ2v) is 9.55. The van der Waals surface area contributed by atoms with Gasteiger partial charge in [0, 0.05) is 11.8 Å². The molecule has 2 atom stereocenters. The molecule has 1 aromatic heterocycles. The van der Waals surface area contributed by atoms with Gasteiger partial charge in [-0.2, -0.15) is 0 Å². The summed E-state index contributed by atoms with van der Waals surface area (Å²) in [4.78, 5) is 28.1. The van der Waals surface area contributed by atoms with Crippen LogP contribution in [0.5, 0.6) is 0 Å². The fraction of sp³-hybridized carbons (Fsp3) is 0.526. The highest BCUT2D eigenvalue weighted by atomic mass is 35.5. The fourth-order valence-electron chi connectivity index (χ4n) is 6.21. The van der Waals surface area contributed by atoms with Crippen LogP contribution in [0.1, 0.15) is 38.5 Å². The van der Waals surface area contributed by atoms with Crippen LogP contribution in [0.3, 0.4) is 0 Å². The first kappa shape index (κ1) is 18.8. The highest BCUT2D eigenvalue weighted by molar-refractivity contribution is 6.32. The molecule has 10 heteroatoms. The summed E-state index contributed by atoms with van der Waals surface area (Å²) in [6, 6.07) is 4.35. The number of carbonyl (C=O) groups excluding carboxylic acids is 1. The van der Waals surface area contributed by atoms with E-state index >= 15 is 0 Å². The second kappa shape index (κ2) is 6.40. The summed E-state index contributed by atoms with van der Waals surface area (Å²) in [7, 11) is 0. The number of hydrogen-bond acceptors (Lipinski definition) is 5. The van der Waals surface area contributed by atoms with E-state index in [1.54, 1.807) is 12.4 Å². The molecule has 0 unspecified atom stereocenters. The SMILES string of the molecule is O=C(Nc1ccc(Cl)c([N+](=O)[O-])c1)C12C[C@@H]3C[C@@H](C1)CC(n1cnc(Cl)n1)(C3)C2. The molecule has 29 heavy (non-hydrogen) atoms. The molecule has 0 saturated heterocycles. The topological polar surface area (TPSA) is 103 Å². The number of hydrogen-bond donors (Lipinski definition) is 1. The van der Waals surface area contributed by atoms with Gasteiger partial charge in [0.25, 0.3) is 5.69 Å². The van der Waals surface area contributed by atoms with E-state index in [1.807, 2.05) is 4.68 Å². The Hall–Kier alpha value is -2.19. The van der Waals surface area contributed by atoms with E-state index in [1.165, 1.54) is 12.1 Å². The van der Waals surface area contributed by atoms with Crippen LogP contribution in [0.15, 0.2) is 24.5 Å². The fourth-order valence-corrected chi connectivity index (χ4v) is 6.52. The number of nitrogens with zero attached hydrogens (tertiary/aromatic N) is 4. The lowest BCUT2D eigenvalue weighted by molar-refractivity contribution is -0.384. The van der Waals surface area contributed by atoms with E-state index in [2.05, 4.69) is 15.4 Å². The van der Waals surface area contributed by atoms with Gasteiger partial charge in [0.2, 0.25) is 11.2 Å². The Kier molecular flexibility index (Phi) is 4.15. The van der Waals surface area contributed by atoms with Gasteiger partial charge < -0.3 is 5.32 Å². The van der Waals surface area contributed by atoms with Crippen molar-refractivity contribution in [3.63, 3.8) is 0 Å². The van der Waals surface area contributed by atoms with E-state index in [4.69, 9.17) is 23.2 Å². The first-order valence-electron chi connectivity index (χ1n) is 9.62. The molecule has 1 N–H and O–H groups in total. The molecule has 6 rings (SSSR count). The minimum atomic E-state index is -0.549. The van der Waals surface area contributed by atoms with Gasteiger partial charge in [-0.3, -0.25) is 14.9 Å². The highest BCUT2D eigenvalue weighted by Crippen LogP contribution is 2.64. The van der Waals surface area contributed by atoms with E-state index in [-0.39, 0.29) is 27.4 Å². The molecule has 0 radical (unpaired) electrons. The zero-order valence-electron chi connectivity index (χ0n) is 15.5. The second-order valence-electron chi connectivity index (χ2n) is 8.80. The van der Waals surface area contributed by atoms with E-state index in [0.717, 1.165) is 32.1 Å². The Labute approximate surface area is 176 Å². The Morgan fingerprint density at radius 1 is 1.24 bits per heavy atom. The maximum absolute atomic E-state index is 13.4. The Morgan fingerprint density at radius 2 is 1.97 bits per heavy atom. The normalized spacial score (nSPS) is 32.3. The van der Waals surface area contributed by atoms with Crippen molar-refractivity contribution in [2.75, 3.05) is 5.32 Å². The molecule has 152 valence electrons. The van der Waals surface area contributed by atoms with Gasteiger partial charge in [-0.1, -0.05) is 11.6 Å². The van der Waals surface area contributed by atoms with Crippen molar-refractivity contribution < 1.29 is 9.72 Å². The molecule has 4 aliphatic rings. The lowest BCUT2D eigenvalue weighted by Crippen LogP contribution is -2.60. The molecule has 0 spiro atoms. The molecule has 1 aromatic carbocycles. The number of carbonyl (C=O) groups is 1. The van der Waals surface area contributed by atoms with E-state index < -0.39 is 10.3 Å². The number of aromatic nitrogens is 3. The molecule has 1 amide bonds. The third-order valence-corrected chi connectivity index (χ3v) is 7.36. The number of rotatable bonds is 4. The van der Waals surface area contributed by atoms with E-state index in [0.29, 0.717) is 23.9 Å². The molecule has 0 aliphatic heterocycles. The van der Waals surface area contributed by atoms with Crippen LogP contribution in [0, 0.1) is 27.4 Å². The van der Waals surface area contributed by atoms with Gasteiger partial charge in [-0.25, -0.2) is 9.67 Å². The molecule has 2 aromatic rings. The quantitative estimate of drug-likeness (QED) is 0.564. The van der Waals surface area contributed by atoms with Crippen LogP contribution < -0.4 is 5.32 Å². The molecule has 1 heterocycles. The van der Waals surface area contributed by atoms with Crippen LogP contribution in [-0.4, -0.2) is 25.6 Å². The summed E-state index contributed by atoms with van der Waals surface area (Å²) in [5.74, 6) is 0.813. The standard InChI is InChI=1S/C19H19Cl2N5O3/c20-14-2-1-13(4-15(14)26(28)29)23-16(27)18-5-11-3-12(6-18)8-19(7-11,9-18)25-10-22-17(21)24-25/h1-2,4,10-12H,3,5-9H2,(H,23,27)/t11-,12-,18?,19?/m0/s1. The van der Waals surface area contributed by atoms with Crippen molar-refractivity contribution in [1.29, 1.82) is 0 Å². The Bertz CT molecular complexity index is 1010. The maximum Gasteiger partial charge on any atom is 0.289 e. The maximum atomic E-state index is 13.4. The number of benzene rings is 1. The summed E-state index contributed by atoms with van der Waals surface area (Å²) >= 11 is 11.9. The van der Waals surface area contributed by atoms with Crippen LogP contribution in [0.2, 0.25) is 10.3 Å². The lowest BCUT2D eigenvalue weighted by Gasteiger charge is -2.60. The smallest absolute Gasteiger partial charge is 0.289 e. The minimum absolute atomic E-state index is 0.0461. The van der Waals surface area contributed by atoms with Crippen LogP contribution in [-0.2, 0) is 10.3 Å². The van der Waals surface area contributed by atoms with Crippen molar-refractivity contribution in [1.82, 2.24) is 14.8 Å². The number of nitrogens with one attached hydrogen (secondary N) is 1. The van der Waals surface area contributed by atoms with Crippen LogP contribution >= 0.6 is 23.2 Å². The molecule has 4 aliphatic carbocycles. The number of nitro groups is 1.